The summed E-state index contributed by atoms with van der Waals surface area (Å²) in [4.78, 5) is 4.77. The first-order chi connectivity index (χ1) is 15.5. The molecule has 2 aromatic carbocycles. The fraction of sp³-hybridized carbons (Fsp3) is 0.261. The second kappa shape index (κ2) is 8.84. The van der Waals surface area contributed by atoms with Crippen LogP contribution in [0.3, 0.4) is 0 Å². The Morgan fingerprint density at radius 1 is 1.06 bits per heavy atom. The molecule has 5 rings (SSSR count). The summed E-state index contributed by atoms with van der Waals surface area (Å²) in [5.74, 6) is 3.89. The van der Waals surface area contributed by atoms with Crippen molar-refractivity contribution in [3.8, 4) is 27.8 Å². The minimum Gasteiger partial charge on any atom is -0.486 e. The van der Waals surface area contributed by atoms with Gasteiger partial charge >= 0.3 is 0 Å². The van der Waals surface area contributed by atoms with Crippen LogP contribution in [0.15, 0.2) is 46.9 Å². The molecule has 3 heterocycles. The van der Waals surface area contributed by atoms with Crippen molar-refractivity contribution in [2.75, 3.05) is 6.79 Å². The normalized spacial score (nSPS) is 12.3. The number of hydrogen-bond acceptors (Lipinski definition) is 8. The summed E-state index contributed by atoms with van der Waals surface area (Å²) >= 11 is 3.23. The molecule has 0 unspecified atom stereocenters. The van der Waals surface area contributed by atoms with Gasteiger partial charge in [-0.05, 0) is 55.3 Å². The first kappa shape index (κ1) is 20.8. The van der Waals surface area contributed by atoms with E-state index in [2.05, 4.69) is 35.5 Å². The van der Waals surface area contributed by atoms with Crippen LogP contribution in [0, 0.1) is 13.8 Å². The van der Waals surface area contributed by atoms with Gasteiger partial charge in [0.05, 0.1) is 5.69 Å². The Morgan fingerprint density at radius 3 is 2.72 bits per heavy atom. The molecule has 7 nitrogen and oxygen atoms in total. The highest BCUT2D eigenvalue weighted by Gasteiger charge is 2.16. The van der Waals surface area contributed by atoms with Gasteiger partial charge in [0, 0.05) is 23.7 Å². The van der Waals surface area contributed by atoms with Crippen LogP contribution < -0.4 is 14.2 Å². The molecule has 32 heavy (non-hydrogen) atoms. The first-order valence-corrected chi connectivity index (χ1v) is 12.0. The zero-order valence-electron chi connectivity index (χ0n) is 18.0. The zero-order valence-corrected chi connectivity index (χ0v) is 19.6. The van der Waals surface area contributed by atoms with E-state index >= 15 is 0 Å². The molecule has 0 bridgehead atoms. The van der Waals surface area contributed by atoms with Crippen molar-refractivity contribution in [1.29, 1.82) is 0 Å². The molecule has 0 saturated heterocycles. The fourth-order valence-corrected chi connectivity index (χ4v) is 5.18. The number of benzene rings is 2. The Labute approximate surface area is 194 Å². The number of thiazole rings is 1. The van der Waals surface area contributed by atoms with Crippen LogP contribution in [0.5, 0.6) is 17.2 Å². The second-order valence-electron chi connectivity index (χ2n) is 7.57. The lowest BCUT2D eigenvalue weighted by Gasteiger charge is -2.08. The quantitative estimate of drug-likeness (QED) is 0.349. The average molecular weight is 467 g/mol. The fourth-order valence-electron chi connectivity index (χ4n) is 3.43. The van der Waals surface area contributed by atoms with Gasteiger partial charge in [-0.1, -0.05) is 17.8 Å². The van der Waals surface area contributed by atoms with Gasteiger partial charge < -0.3 is 18.8 Å². The lowest BCUT2D eigenvalue weighted by atomic mass is 10.1. The molecule has 9 heteroatoms. The lowest BCUT2D eigenvalue weighted by Crippen LogP contribution is -2.04. The Morgan fingerprint density at radius 2 is 1.88 bits per heavy atom. The first-order valence-electron chi connectivity index (χ1n) is 10.1. The standard InChI is InChI=1S/C23H22N4O3S2/c1-14-6-15(2)8-18(7-14)28-10-21-25-26-23(27(21)3)32-12-17-11-31-22(24-17)16-4-5-19-20(9-16)30-13-29-19/h4-9,11H,10,12-13H2,1-3H3. The third-order valence-electron chi connectivity index (χ3n) is 5.01. The molecular formula is C23H22N4O3S2. The largest absolute Gasteiger partial charge is 0.486 e. The Balaban J connectivity index is 1.21. The summed E-state index contributed by atoms with van der Waals surface area (Å²) in [6, 6.07) is 12.1. The number of ether oxygens (including phenoxy) is 3. The molecule has 1 aliphatic rings. The molecule has 0 fully saturated rings. The van der Waals surface area contributed by atoms with Crippen molar-refractivity contribution in [3.05, 3.63) is 64.4 Å². The smallest absolute Gasteiger partial charge is 0.231 e. The highest BCUT2D eigenvalue weighted by molar-refractivity contribution is 7.98. The predicted molar refractivity (Wildman–Crippen MR) is 124 cm³/mol. The topological polar surface area (TPSA) is 71.3 Å². The summed E-state index contributed by atoms with van der Waals surface area (Å²) in [5, 5.41) is 12.5. The molecule has 0 saturated carbocycles. The molecule has 164 valence electrons. The van der Waals surface area contributed by atoms with E-state index in [-0.39, 0.29) is 6.79 Å². The van der Waals surface area contributed by atoms with E-state index in [0.717, 1.165) is 44.5 Å². The van der Waals surface area contributed by atoms with Crippen LogP contribution in [0.4, 0.5) is 0 Å². The van der Waals surface area contributed by atoms with Gasteiger partial charge in [-0.2, -0.15) is 0 Å². The maximum absolute atomic E-state index is 5.93. The SMILES string of the molecule is Cc1cc(C)cc(OCc2nnc(SCc3csc(-c4ccc5c(c4)OCO5)n3)n2C)c1. The van der Waals surface area contributed by atoms with E-state index in [4.69, 9.17) is 19.2 Å². The monoisotopic (exact) mass is 466 g/mol. The Hall–Kier alpha value is -3.04. The summed E-state index contributed by atoms with van der Waals surface area (Å²) < 4.78 is 18.8. The number of aromatic nitrogens is 4. The zero-order chi connectivity index (χ0) is 22.1. The maximum atomic E-state index is 5.93. The van der Waals surface area contributed by atoms with E-state index in [1.54, 1.807) is 23.1 Å². The highest BCUT2D eigenvalue weighted by Crippen LogP contribution is 2.37. The van der Waals surface area contributed by atoms with Gasteiger partial charge in [-0.15, -0.1) is 21.5 Å². The highest BCUT2D eigenvalue weighted by atomic mass is 32.2. The van der Waals surface area contributed by atoms with Gasteiger partial charge in [0.2, 0.25) is 6.79 Å². The van der Waals surface area contributed by atoms with Crippen molar-refractivity contribution >= 4 is 23.1 Å². The molecule has 0 aliphatic carbocycles. The van der Waals surface area contributed by atoms with Crippen LogP contribution in [-0.2, 0) is 19.4 Å². The molecule has 0 radical (unpaired) electrons. The van der Waals surface area contributed by atoms with Gasteiger partial charge in [0.25, 0.3) is 0 Å². The minimum absolute atomic E-state index is 0.272. The van der Waals surface area contributed by atoms with Crippen molar-refractivity contribution in [2.24, 2.45) is 7.05 Å². The van der Waals surface area contributed by atoms with E-state index in [1.165, 1.54) is 11.1 Å². The Bertz CT molecular complexity index is 1250. The number of thioether (sulfide) groups is 1. The maximum Gasteiger partial charge on any atom is 0.231 e. The summed E-state index contributed by atoms with van der Waals surface area (Å²) in [6.45, 7) is 4.77. The third kappa shape index (κ3) is 4.44. The summed E-state index contributed by atoms with van der Waals surface area (Å²) in [5.41, 5.74) is 4.39. The summed E-state index contributed by atoms with van der Waals surface area (Å²) in [6.07, 6.45) is 0. The number of nitrogens with zero attached hydrogens (tertiary/aromatic N) is 4. The van der Waals surface area contributed by atoms with Crippen LogP contribution in [0.25, 0.3) is 10.6 Å². The Kier molecular flexibility index (Phi) is 5.75. The molecule has 2 aromatic heterocycles. The molecule has 0 spiro atoms. The van der Waals surface area contributed by atoms with E-state index in [0.29, 0.717) is 12.4 Å². The number of fused-ring (bicyclic) bond motifs is 1. The van der Waals surface area contributed by atoms with Crippen molar-refractivity contribution in [2.45, 2.75) is 31.4 Å². The van der Waals surface area contributed by atoms with E-state index in [9.17, 15) is 0 Å². The van der Waals surface area contributed by atoms with E-state index < -0.39 is 0 Å². The van der Waals surface area contributed by atoms with Crippen molar-refractivity contribution in [3.63, 3.8) is 0 Å². The molecule has 0 atom stereocenters. The van der Waals surface area contributed by atoms with Gasteiger partial charge in [-0.3, -0.25) is 0 Å². The van der Waals surface area contributed by atoms with Gasteiger partial charge in [0.15, 0.2) is 22.5 Å². The van der Waals surface area contributed by atoms with E-state index in [1.807, 2.05) is 41.9 Å². The lowest BCUT2D eigenvalue weighted by molar-refractivity contribution is 0.174. The van der Waals surface area contributed by atoms with Crippen LogP contribution in [0.1, 0.15) is 22.6 Å². The molecule has 0 N–H and O–H groups in total. The van der Waals surface area contributed by atoms with Crippen molar-refractivity contribution < 1.29 is 14.2 Å². The average Bonchev–Trinajstić information content (AvgIpc) is 3.50. The molecular weight excluding hydrogens is 444 g/mol. The molecule has 4 aromatic rings. The molecule has 1 aliphatic heterocycles. The number of aryl methyl sites for hydroxylation is 2. The minimum atomic E-state index is 0.272. The van der Waals surface area contributed by atoms with Crippen LogP contribution >= 0.6 is 23.1 Å². The number of hydrogen-bond donors (Lipinski definition) is 0. The summed E-state index contributed by atoms with van der Waals surface area (Å²) in [7, 11) is 1.96. The third-order valence-corrected chi connectivity index (χ3v) is 7.00. The second-order valence-corrected chi connectivity index (χ2v) is 9.37. The van der Waals surface area contributed by atoms with Crippen LogP contribution in [0.2, 0.25) is 0 Å². The van der Waals surface area contributed by atoms with Gasteiger partial charge in [0.1, 0.15) is 17.4 Å². The van der Waals surface area contributed by atoms with Crippen LogP contribution in [-0.4, -0.2) is 26.5 Å². The number of rotatable bonds is 7. The molecule has 0 amide bonds. The van der Waals surface area contributed by atoms with Gasteiger partial charge in [-0.25, -0.2) is 4.98 Å². The predicted octanol–water partition coefficient (Wildman–Crippen LogP) is 5.16. The van der Waals surface area contributed by atoms with Crippen molar-refractivity contribution in [1.82, 2.24) is 19.7 Å².